The van der Waals surface area contributed by atoms with Crippen LogP contribution in [0.3, 0.4) is 0 Å². The number of hydrogen-bond donors (Lipinski definition) is 3. The third-order valence-electron chi connectivity index (χ3n) is 1.98. The Bertz CT molecular complexity index is 568. The van der Waals surface area contributed by atoms with E-state index in [4.69, 9.17) is 5.11 Å². The van der Waals surface area contributed by atoms with Crippen LogP contribution in [0.25, 0.3) is 0 Å². The maximum atomic E-state index is 11.8. The molecular formula is C11H9N3O3S. The Hall–Kier alpha value is -2.41. The molecule has 3 N–H and O–H groups in total. The van der Waals surface area contributed by atoms with Gasteiger partial charge in [-0.3, -0.25) is 10.1 Å². The van der Waals surface area contributed by atoms with Gasteiger partial charge >= 0.3 is 6.09 Å². The molecule has 0 radical (unpaired) electrons. The Balaban J connectivity index is 2.05. The Morgan fingerprint density at radius 3 is 2.56 bits per heavy atom. The SMILES string of the molecule is O=C(O)Nc1nc(C(=O)Nc2ccccc2)cs1. The van der Waals surface area contributed by atoms with Crippen LogP contribution in [-0.4, -0.2) is 22.1 Å². The fraction of sp³-hybridized carbons (Fsp3) is 0. The van der Waals surface area contributed by atoms with Crippen molar-refractivity contribution in [3.63, 3.8) is 0 Å². The number of carbonyl (C=O) groups excluding carboxylic acids is 1. The van der Waals surface area contributed by atoms with Crippen LogP contribution < -0.4 is 10.6 Å². The van der Waals surface area contributed by atoms with Crippen LogP contribution in [0.2, 0.25) is 0 Å². The Morgan fingerprint density at radius 2 is 1.89 bits per heavy atom. The van der Waals surface area contributed by atoms with Gasteiger partial charge in [0.25, 0.3) is 5.91 Å². The Kier molecular flexibility index (Phi) is 3.54. The summed E-state index contributed by atoms with van der Waals surface area (Å²) >= 11 is 1.05. The van der Waals surface area contributed by atoms with Crippen molar-refractivity contribution in [2.24, 2.45) is 0 Å². The monoisotopic (exact) mass is 263 g/mol. The first-order valence-corrected chi connectivity index (χ1v) is 5.85. The highest BCUT2D eigenvalue weighted by Crippen LogP contribution is 2.16. The number of anilines is 2. The first-order chi connectivity index (χ1) is 8.65. The lowest BCUT2D eigenvalue weighted by molar-refractivity contribution is 0.102. The molecule has 0 aliphatic carbocycles. The van der Waals surface area contributed by atoms with Crippen molar-refractivity contribution < 1.29 is 14.7 Å². The Morgan fingerprint density at radius 1 is 1.17 bits per heavy atom. The second-order valence-corrected chi connectivity index (χ2v) is 4.15. The second-order valence-electron chi connectivity index (χ2n) is 3.29. The number of aromatic nitrogens is 1. The van der Waals surface area contributed by atoms with E-state index >= 15 is 0 Å². The molecule has 7 heteroatoms. The fourth-order valence-corrected chi connectivity index (χ4v) is 1.92. The van der Waals surface area contributed by atoms with Gasteiger partial charge in [0.1, 0.15) is 5.69 Å². The van der Waals surface area contributed by atoms with Gasteiger partial charge in [-0.25, -0.2) is 9.78 Å². The number of nitrogens with one attached hydrogen (secondary N) is 2. The van der Waals surface area contributed by atoms with Crippen molar-refractivity contribution >= 4 is 34.2 Å². The summed E-state index contributed by atoms with van der Waals surface area (Å²) in [5.41, 5.74) is 0.829. The number of para-hydroxylation sites is 1. The van der Waals surface area contributed by atoms with E-state index in [1.54, 1.807) is 24.3 Å². The number of hydrogen-bond acceptors (Lipinski definition) is 4. The third kappa shape index (κ3) is 3.05. The molecule has 0 saturated heterocycles. The summed E-state index contributed by atoms with van der Waals surface area (Å²) in [6.07, 6.45) is -1.21. The van der Waals surface area contributed by atoms with Gasteiger partial charge in [-0.1, -0.05) is 18.2 Å². The van der Waals surface area contributed by atoms with Crippen LogP contribution in [0.4, 0.5) is 15.6 Å². The molecule has 1 heterocycles. The van der Waals surface area contributed by atoms with E-state index in [2.05, 4.69) is 15.6 Å². The number of amides is 2. The molecule has 2 rings (SSSR count). The summed E-state index contributed by atoms with van der Waals surface area (Å²) in [7, 11) is 0. The van der Waals surface area contributed by atoms with Gasteiger partial charge in [0.15, 0.2) is 5.13 Å². The standard InChI is InChI=1S/C11H9N3O3S/c15-9(12-7-4-2-1-3-5-7)8-6-18-10(13-8)14-11(16)17/h1-6H,(H,12,15)(H,13,14)(H,16,17). The number of carbonyl (C=O) groups is 2. The lowest BCUT2D eigenvalue weighted by atomic mass is 10.3. The Labute approximate surface area is 106 Å². The van der Waals surface area contributed by atoms with Crippen LogP contribution in [0.15, 0.2) is 35.7 Å². The molecule has 0 bridgehead atoms. The average molecular weight is 263 g/mol. The summed E-state index contributed by atoms with van der Waals surface area (Å²) < 4.78 is 0. The fourth-order valence-electron chi connectivity index (χ4n) is 1.24. The number of rotatable bonds is 3. The molecule has 1 aromatic carbocycles. The number of benzene rings is 1. The number of nitrogens with zero attached hydrogens (tertiary/aromatic N) is 1. The summed E-state index contributed by atoms with van der Waals surface area (Å²) in [6, 6.07) is 8.94. The molecule has 2 amide bonds. The first-order valence-electron chi connectivity index (χ1n) is 4.97. The van der Waals surface area contributed by atoms with Gasteiger partial charge in [0, 0.05) is 11.1 Å². The topological polar surface area (TPSA) is 91.3 Å². The molecule has 0 fully saturated rings. The second kappa shape index (κ2) is 5.28. The predicted octanol–water partition coefficient (Wildman–Crippen LogP) is 2.49. The van der Waals surface area contributed by atoms with E-state index in [0.29, 0.717) is 5.69 Å². The van der Waals surface area contributed by atoms with Gasteiger partial charge in [0.2, 0.25) is 0 Å². The molecule has 2 aromatic rings. The molecule has 0 saturated carbocycles. The maximum Gasteiger partial charge on any atom is 0.410 e. The van der Waals surface area contributed by atoms with Gasteiger partial charge in [-0.2, -0.15) is 0 Å². The minimum absolute atomic E-state index is 0.167. The number of carboxylic acid groups (broad SMARTS) is 1. The lowest BCUT2D eigenvalue weighted by Crippen LogP contribution is -2.13. The van der Waals surface area contributed by atoms with Crippen molar-refractivity contribution in [2.75, 3.05) is 10.6 Å². The van der Waals surface area contributed by atoms with Crippen LogP contribution >= 0.6 is 11.3 Å². The van der Waals surface area contributed by atoms with E-state index in [1.165, 1.54) is 5.38 Å². The molecule has 0 atom stereocenters. The molecule has 0 aliphatic rings. The highest BCUT2D eigenvalue weighted by molar-refractivity contribution is 7.14. The van der Waals surface area contributed by atoms with Gasteiger partial charge in [-0.15, -0.1) is 11.3 Å². The maximum absolute atomic E-state index is 11.8. The summed E-state index contributed by atoms with van der Waals surface area (Å²) in [5, 5.41) is 14.9. The highest BCUT2D eigenvalue weighted by atomic mass is 32.1. The summed E-state index contributed by atoms with van der Waals surface area (Å²) in [5.74, 6) is -0.379. The average Bonchev–Trinajstić information content (AvgIpc) is 2.78. The van der Waals surface area contributed by atoms with E-state index in [-0.39, 0.29) is 16.7 Å². The van der Waals surface area contributed by atoms with E-state index in [9.17, 15) is 9.59 Å². The van der Waals surface area contributed by atoms with E-state index < -0.39 is 6.09 Å². The van der Waals surface area contributed by atoms with Gasteiger partial charge in [0.05, 0.1) is 0 Å². The van der Waals surface area contributed by atoms with Crippen molar-refractivity contribution in [1.82, 2.24) is 4.98 Å². The highest BCUT2D eigenvalue weighted by Gasteiger charge is 2.11. The van der Waals surface area contributed by atoms with Gasteiger partial charge in [-0.05, 0) is 12.1 Å². The minimum Gasteiger partial charge on any atom is -0.465 e. The molecule has 0 spiro atoms. The van der Waals surface area contributed by atoms with Crippen molar-refractivity contribution in [3.05, 3.63) is 41.4 Å². The smallest absolute Gasteiger partial charge is 0.410 e. The molecule has 18 heavy (non-hydrogen) atoms. The molecule has 0 unspecified atom stereocenters. The molecule has 1 aromatic heterocycles. The number of thiazole rings is 1. The van der Waals surface area contributed by atoms with E-state index in [1.807, 2.05) is 6.07 Å². The molecule has 0 aliphatic heterocycles. The summed E-state index contributed by atoms with van der Waals surface area (Å²) in [6.45, 7) is 0. The lowest BCUT2D eigenvalue weighted by Gasteiger charge is -2.01. The summed E-state index contributed by atoms with van der Waals surface area (Å²) in [4.78, 5) is 26.0. The van der Waals surface area contributed by atoms with Crippen molar-refractivity contribution in [1.29, 1.82) is 0 Å². The van der Waals surface area contributed by atoms with Crippen LogP contribution in [0.5, 0.6) is 0 Å². The zero-order valence-electron chi connectivity index (χ0n) is 9.08. The van der Waals surface area contributed by atoms with E-state index in [0.717, 1.165) is 11.3 Å². The molecule has 92 valence electrons. The van der Waals surface area contributed by atoms with Crippen molar-refractivity contribution in [3.8, 4) is 0 Å². The normalized spacial score (nSPS) is 9.78. The zero-order valence-corrected chi connectivity index (χ0v) is 9.90. The predicted molar refractivity (Wildman–Crippen MR) is 68.2 cm³/mol. The largest absolute Gasteiger partial charge is 0.465 e. The third-order valence-corrected chi connectivity index (χ3v) is 2.74. The first kappa shape index (κ1) is 12.1. The quantitative estimate of drug-likeness (QED) is 0.793. The van der Waals surface area contributed by atoms with Crippen LogP contribution in [0, 0.1) is 0 Å². The van der Waals surface area contributed by atoms with Crippen LogP contribution in [-0.2, 0) is 0 Å². The van der Waals surface area contributed by atoms with Crippen LogP contribution in [0.1, 0.15) is 10.5 Å². The molecule has 6 nitrogen and oxygen atoms in total. The zero-order chi connectivity index (χ0) is 13.0. The van der Waals surface area contributed by atoms with Crippen molar-refractivity contribution in [2.45, 2.75) is 0 Å². The molecular weight excluding hydrogens is 254 g/mol. The van der Waals surface area contributed by atoms with Gasteiger partial charge < -0.3 is 10.4 Å². The minimum atomic E-state index is -1.21.